The van der Waals surface area contributed by atoms with Crippen LogP contribution in [0.3, 0.4) is 0 Å². The van der Waals surface area contributed by atoms with Crippen molar-refractivity contribution < 1.29 is 27.5 Å². The van der Waals surface area contributed by atoms with E-state index in [9.17, 15) is 22.8 Å². The van der Waals surface area contributed by atoms with Crippen molar-refractivity contribution in [3.63, 3.8) is 0 Å². The van der Waals surface area contributed by atoms with E-state index in [1.54, 1.807) is 24.3 Å². The minimum Gasteiger partial charge on any atom is -0.446 e. The summed E-state index contributed by atoms with van der Waals surface area (Å²) in [7, 11) is -3.25. The van der Waals surface area contributed by atoms with Crippen LogP contribution in [0.2, 0.25) is 0 Å². The molecule has 2 aliphatic heterocycles. The number of imide groups is 1. The molecule has 1 aromatic rings. The summed E-state index contributed by atoms with van der Waals surface area (Å²) in [5.41, 5.74) is 6.07. The first-order valence-corrected chi connectivity index (χ1v) is 15.8. The molecule has 9 nitrogen and oxygen atoms in total. The van der Waals surface area contributed by atoms with E-state index in [-0.39, 0.29) is 23.7 Å². The number of piperidine rings is 1. The molecule has 38 heavy (non-hydrogen) atoms. The third kappa shape index (κ3) is 9.08. The summed E-state index contributed by atoms with van der Waals surface area (Å²) in [5, 5.41) is 0. The van der Waals surface area contributed by atoms with Crippen LogP contribution in [0.15, 0.2) is 24.3 Å². The van der Waals surface area contributed by atoms with Gasteiger partial charge in [-0.05, 0) is 37.8 Å². The Morgan fingerprint density at radius 3 is 1.71 bits per heavy atom. The van der Waals surface area contributed by atoms with Crippen LogP contribution in [-0.2, 0) is 14.8 Å². The summed E-state index contributed by atoms with van der Waals surface area (Å²) in [6.07, 6.45) is 12.7. The highest BCUT2D eigenvalue weighted by Gasteiger charge is 2.34. The number of nitrogens with zero attached hydrogens (tertiary/aromatic N) is 2. The summed E-state index contributed by atoms with van der Waals surface area (Å²) in [6, 6.07) is 7.02. The number of unbranched alkanes of at least 4 members (excludes halogenated alkanes) is 11. The van der Waals surface area contributed by atoms with Crippen LogP contribution >= 0.6 is 0 Å². The van der Waals surface area contributed by atoms with Crippen molar-refractivity contribution in [1.29, 1.82) is 0 Å². The fraction of sp³-hybridized carbons (Fsp3) is 0.679. The van der Waals surface area contributed by atoms with Crippen molar-refractivity contribution in [2.24, 2.45) is 5.73 Å². The molecule has 0 atom stereocenters. The molecule has 0 aliphatic carbocycles. The number of carbonyl (C=O) groups excluding carboxylic acids is 3. The fourth-order valence-corrected chi connectivity index (χ4v) is 6.88. The molecule has 3 rings (SSSR count). The quantitative estimate of drug-likeness (QED) is 0.219. The molecular formula is C28H43N3O6S. The Balaban J connectivity index is 1.11. The van der Waals surface area contributed by atoms with Gasteiger partial charge in [0.2, 0.25) is 10.0 Å². The molecule has 1 fully saturated rings. The summed E-state index contributed by atoms with van der Waals surface area (Å²) < 4.78 is 31.5. The molecule has 3 amide bonds. The summed E-state index contributed by atoms with van der Waals surface area (Å²) >= 11 is 0. The van der Waals surface area contributed by atoms with Crippen molar-refractivity contribution in [2.75, 3.05) is 25.4 Å². The number of hydrogen-bond acceptors (Lipinski definition) is 6. The smallest absolute Gasteiger partial charge is 0.404 e. The Bertz CT molecular complexity index is 1000. The lowest BCUT2D eigenvalue weighted by atomic mass is 10.1. The second kappa shape index (κ2) is 15.2. The predicted molar refractivity (Wildman–Crippen MR) is 146 cm³/mol. The van der Waals surface area contributed by atoms with Crippen molar-refractivity contribution in [3.05, 3.63) is 35.4 Å². The lowest BCUT2D eigenvalue weighted by molar-refractivity contribution is 0.0650. The number of fused-ring (bicyclic) bond motifs is 1. The average molecular weight is 550 g/mol. The molecule has 1 aromatic carbocycles. The number of hydrogen-bond donors (Lipinski definition) is 1. The molecule has 0 unspecified atom stereocenters. The zero-order valence-electron chi connectivity index (χ0n) is 22.4. The first-order chi connectivity index (χ1) is 18.3. The SMILES string of the molecule is NC(=O)OC1CCN(S(=O)(=O)CCCCCCCCCCCCCCN2C(=O)c3ccccc3C2=O)CC1. The van der Waals surface area contributed by atoms with Crippen LogP contribution in [0.25, 0.3) is 0 Å². The zero-order valence-corrected chi connectivity index (χ0v) is 23.3. The van der Waals surface area contributed by atoms with E-state index in [1.807, 2.05) is 0 Å². The molecule has 0 bridgehead atoms. The maximum absolute atomic E-state index is 12.5. The number of amides is 3. The Morgan fingerprint density at radius 1 is 0.789 bits per heavy atom. The Kier molecular flexibility index (Phi) is 12.0. The lowest BCUT2D eigenvalue weighted by Crippen LogP contribution is -2.42. The zero-order chi connectivity index (χ0) is 27.4. The number of primary amides is 1. The van der Waals surface area contributed by atoms with Crippen LogP contribution < -0.4 is 5.73 Å². The second-order valence-corrected chi connectivity index (χ2v) is 12.5. The number of carbonyl (C=O) groups is 3. The van der Waals surface area contributed by atoms with Gasteiger partial charge in [0.05, 0.1) is 16.9 Å². The van der Waals surface area contributed by atoms with Gasteiger partial charge in [0.25, 0.3) is 11.8 Å². The van der Waals surface area contributed by atoms with E-state index in [0.29, 0.717) is 50.0 Å². The normalized spacial score (nSPS) is 16.7. The monoisotopic (exact) mass is 549 g/mol. The molecule has 0 radical (unpaired) electrons. The van der Waals surface area contributed by atoms with Gasteiger partial charge in [0.15, 0.2) is 0 Å². The van der Waals surface area contributed by atoms with Gasteiger partial charge in [-0.15, -0.1) is 0 Å². The number of ether oxygens (including phenoxy) is 1. The predicted octanol–water partition coefficient (Wildman–Crippen LogP) is 4.85. The highest BCUT2D eigenvalue weighted by Crippen LogP contribution is 2.23. The van der Waals surface area contributed by atoms with Gasteiger partial charge in [-0.3, -0.25) is 14.5 Å². The van der Waals surface area contributed by atoms with Crippen LogP contribution in [0.5, 0.6) is 0 Å². The number of nitrogens with two attached hydrogens (primary N) is 1. The van der Waals surface area contributed by atoms with Crippen LogP contribution in [0.1, 0.15) is 111 Å². The summed E-state index contributed by atoms with van der Waals surface area (Å²) in [5.74, 6) is -0.149. The standard InChI is InChI=1S/C28H43N3O6S/c29-28(34)37-23-17-20-30(21-18-23)38(35,36)22-14-10-8-6-4-2-1-3-5-7-9-13-19-31-26(32)24-15-11-12-16-25(24)27(31)33/h11-12,15-16,23H,1-10,13-14,17-22H2,(H2,29,34). The topological polar surface area (TPSA) is 127 Å². The van der Waals surface area contributed by atoms with Crippen molar-refractivity contribution in [3.8, 4) is 0 Å². The number of sulfonamides is 1. The van der Waals surface area contributed by atoms with E-state index in [4.69, 9.17) is 10.5 Å². The maximum atomic E-state index is 12.5. The van der Waals surface area contributed by atoms with Gasteiger partial charge in [-0.1, -0.05) is 76.3 Å². The van der Waals surface area contributed by atoms with Crippen LogP contribution in [-0.4, -0.2) is 67.0 Å². The second-order valence-electron chi connectivity index (χ2n) is 10.4. The van der Waals surface area contributed by atoms with Crippen LogP contribution in [0.4, 0.5) is 4.79 Å². The molecular weight excluding hydrogens is 506 g/mol. The lowest BCUT2D eigenvalue weighted by Gasteiger charge is -2.30. The van der Waals surface area contributed by atoms with Crippen molar-refractivity contribution in [2.45, 2.75) is 96.0 Å². The third-order valence-electron chi connectivity index (χ3n) is 7.49. The van der Waals surface area contributed by atoms with E-state index < -0.39 is 16.1 Å². The van der Waals surface area contributed by atoms with Gasteiger partial charge >= 0.3 is 6.09 Å². The minimum atomic E-state index is -3.25. The van der Waals surface area contributed by atoms with Gasteiger partial charge in [0.1, 0.15) is 6.10 Å². The van der Waals surface area contributed by atoms with Crippen molar-refractivity contribution in [1.82, 2.24) is 9.21 Å². The van der Waals surface area contributed by atoms with Gasteiger partial charge in [-0.2, -0.15) is 0 Å². The molecule has 2 heterocycles. The number of rotatable bonds is 17. The van der Waals surface area contributed by atoms with E-state index in [1.165, 1.54) is 41.3 Å². The highest BCUT2D eigenvalue weighted by atomic mass is 32.2. The largest absolute Gasteiger partial charge is 0.446 e. The van der Waals surface area contributed by atoms with E-state index in [0.717, 1.165) is 38.5 Å². The van der Waals surface area contributed by atoms with Gasteiger partial charge < -0.3 is 10.5 Å². The minimum absolute atomic E-state index is 0.166. The summed E-state index contributed by atoms with van der Waals surface area (Å²) in [6.45, 7) is 1.26. The molecule has 212 valence electrons. The Labute approximate surface area is 227 Å². The molecule has 0 spiro atoms. The Hall–Kier alpha value is -2.46. The van der Waals surface area contributed by atoms with E-state index in [2.05, 4.69) is 0 Å². The molecule has 10 heteroatoms. The Morgan fingerprint density at radius 2 is 1.24 bits per heavy atom. The molecule has 0 saturated carbocycles. The maximum Gasteiger partial charge on any atom is 0.404 e. The average Bonchev–Trinajstić information content (AvgIpc) is 3.13. The molecule has 0 aromatic heterocycles. The first-order valence-electron chi connectivity index (χ1n) is 14.2. The molecule has 2 N–H and O–H groups in total. The third-order valence-corrected chi connectivity index (χ3v) is 9.45. The summed E-state index contributed by atoms with van der Waals surface area (Å²) in [4.78, 5) is 36.9. The van der Waals surface area contributed by atoms with Gasteiger partial charge in [-0.25, -0.2) is 17.5 Å². The fourth-order valence-electron chi connectivity index (χ4n) is 5.29. The molecule has 2 aliphatic rings. The number of benzene rings is 1. The van der Waals surface area contributed by atoms with Crippen LogP contribution in [0, 0.1) is 0 Å². The van der Waals surface area contributed by atoms with Gasteiger partial charge in [0, 0.05) is 19.6 Å². The molecule has 1 saturated heterocycles. The van der Waals surface area contributed by atoms with E-state index >= 15 is 0 Å². The highest BCUT2D eigenvalue weighted by molar-refractivity contribution is 7.89. The van der Waals surface area contributed by atoms with Crippen molar-refractivity contribution >= 4 is 27.9 Å². The first kappa shape index (κ1) is 30.1.